The first-order valence-electron chi connectivity index (χ1n) is 4.44. The summed E-state index contributed by atoms with van der Waals surface area (Å²) in [5.74, 6) is 0. The molecule has 0 aliphatic heterocycles. The third kappa shape index (κ3) is 1.14. The van der Waals surface area contributed by atoms with Gasteiger partial charge in [-0.05, 0) is 42.5 Å². The normalized spacial score (nSPS) is 14.7. The second-order valence-electron chi connectivity index (χ2n) is 3.80. The van der Waals surface area contributed by atoms with Crippen LogP contribution >= 0.6 is 0 Å². The van der Waals surface area contributed by atoms with Crippen LogP contribution in [0.15, 0.2) is 17.3 Å². The first kappa shape index (κ1) is 7.81. The molecular weight excluding hydrogens is 160 g/mol. The Kier molecular flexibility index (Phi) is 1.69. The molecule has 62 valence electrons. The van der Waals surface area contributed by atoms with Gasteiger partial charge in [-0.1, -0.05) is 23.4 Å². The lowest BCUT2D eigenvalue weighted by Crippen LogP contribution is -1.88. The molecule has 0 spiro atoms. The van der Waals surface area contributed by atoms with Crippen molar-refractivity contribution in [1.82, 2.24) is 0 Å². The molecule has 0 saturated carbocycles. The van der Waals surface area contributed by atoms with E-state index in [1.807, 2.05) is 0 Å². The average Bonchev–Trinajstić information content (AvgIpc) is 2.30. The third-order valence-electron chi connectivity index (χ3n) is 2.63. The molecule has 0 unspecified atom stereocenters. The molecule has 0 heterocycles. The Morgan fingerprint density at radius 1 is 1.17 bits per heavy atom. The van der Waals surface area contributed by atoms with Gasteiger partial charge in [0.15, 0.2) is 0 Å². The lowest BCUT2D eigenvalue weighted by molar-refractivity contribution is 1.23. The summed E-state index contributed by atoms with van der Waals surface area (Å²) in [6.07, 6.45) is 3.57. The highest BCUT2D eigenvalue weighted by Gasteiger charge is 2.09. The summed E-state index contributed by atoms with van der Waals surface area (Å²) in [5, 5.41) is 1.62. The molecule has 1 heteroatoms. The summed E-state index contributed by atoms with van der Waals surface area (Å²) >= 11 is 0. The van der Waals surface area contributed by atoms with E-state index in [0.717, 1.165) is 0 Å². The molecule has 2 rings (SSSR count). The van der Waals surface area contributed by atoms with Crippen molar-refractivity contribution >= 4 is 16.3 Å². The fourth-order valence-electron chi connectivity index (χ4n) is 1.80. The first-order valence-corrected chi connectivity index (χ1v) is 5.44. The average molecular weight is 174 g/mol. The van der Waals surface area contributed by atoms with Gasteiger partial charge in [0.25, 0.3) is 0 Å². The van der Waals surface area contributed by atoms with Crippen LogP contribution in [-0.4, -0.2) is 10.2 Å². The van der Waals surface area contributed by atoms with Gasteiger partial charge in [0, 0.05) is 10.2 Å². The number of allylic oxidation sites excluding steroid dienone is 1. The number of hydrogen-bond acceptors (Lipinski definition) is 0. The van der Waals surface area contributed by atoms with Crippen molar-refractivity contribution in [3.63, 3.8) is 0 Å². The molecule has 0 fully saturated rings. The summed E-state index contributed by atoms with van der Waals surface area (Å²) < 4.78 is 0. The van der Waals surface area contributed by atoms with Gasteiger partial charge in [0.05, 0.1) is 0 Å². The Hall–Kier alpha value is -0.823. The van der Waals surface area contributed by atoms with E-state index in [9.17, 15) is 0 Å². The van der Waals surface area contributed by atoms with Crippen LogP contribution in [0.25, 0.3) is 6.08 Å². The Morgan fingerprint density at radius 2 is 1.83 bits per heavy atom. The number of fused-ring (bicyclic) bond motifs is 1. The molecule has 0 radical (unpaired) electrons. The molecule has 0 saturated heterocycles. The zero-order chi connectivity index (χ0) is 8.72. The molecule has 0 nitrogen and oxygen atoms in total. The van der Waals surface area contributed by atoms with Gasteiger partial charge in [-0.3, -0.25) is 0 Å². The van der Waals surface area contributed by atoms with Crippen molar-refractivity contribution in [3.8, 4) is 0 Å². The van der Waals surface area contributed by atoms with Crippen molar-refractivity contribution < 1.29 is 0 Å². The van der Waals surface area contributed by atoms with Crippen molar-refractivity contribution in [1.29, 1.82) is 0 Å². The molecule has 0 amide bonds. The molecule has 0 bridgehead atoms. The van der Waals surface area contributed by atoms with Crippen LogP contribution in [0.4, 0.5) is 0 Å². The van der Waals surface area contributed by atoms with Gasteiger partial charge in [-0.15, -0.1) is 0 Å². The monoisotopic (exact) mass is 174 g/mol. The molecule has 1 aromatic rings. The number of rotatable bonds is 0. The van der Waals surface area contributed by atoms with E-state index in [1.54, 1.807) is 5.20 Å². The van der Waals surface area contributed by atoms with Gasteiger partial charge in [0.1, 0.15) is 0 Å². The second-order valence-corrected chi connectivity index (χ2v) is 5.09. The molecule has 0 atom stereocenters. The minimum absolute atomic E-state index is 1.21. The third-order valence-corrected chi connectivity index (χ3v) is 3.27. The summed E-state index contributed by atoms with van der Waals surface area (Å²) in [6.45, 7) is 4.38. The zero-order valence-electron chi connectivity index (χ0n) is 7.94. The number of aryl methyl sites for hydroxylation is 2. The van der Waals surface area contributed by atoms with Gasteiger partial charge < -0.3 is 0 Å². The van der Waals surface area contributed by atoms with E-state index in [1.165, 1.54) is 38.9 Å². The van der Waals surface area contributed by atoms with Gasteiger partial charge in [0.2, 0.25) is 0 Å². The maximum absolute atomic E-state index is 2.36. The zero-order valence-corrected chi connectivity index (χ0v) is 9.94. The van der Waals surface area contributed by atoms with Crippen molar-refractivity contribution in [2.45, 2.75) is 20.3 Å². The minimum Gasteiger partial charge on any atom is -0.0869 e. The Labute approximate surface area is 76.7 Å². The predicted molar refractivity (Wildman–Crippen MR) is 57.5 cm³/mol. The Morgan fingerprint density at radius 3 is 2.58 bits per heavy atom. The standard InChI is InChI=1S/C11H14Si/c1-7-3-9-5-11(12)6-10(9)4-8(7)2/h3-5H,6H2,1-2,12H3. The van der Waals surface area contributed by atoms with Crippen LogP contribution in [0.2, 0.25) is 0 Å². The van der Waals surface area contributed by atoms with Crippen LogP contribution < -0.4 is 0 Å². The highest BCUT2D eigenvalue weighted by Crippen LogP contribution is 2.25. The van der Waals surface area contributed by atoms with Crippen LogP contribution in [-0.2, 0) is 6.42 Å². The summed E-state index contributed by atoms with van der Waals surface area (Å²) in [5.41, 5.74) is 5.84. The Bertz CT molecular complexity index is 362. The largest absolute Gasteiger partial charge is 0.0869 e. The first-order chi connectivity index (χ1) is 5.66. The van der Waals surface area contributed by atoms with E-state index < -0.39 is 0 Å². The van der Waals surface area contributed by atoms with E-state index in [-0.39, 0.29) is 0 Å². The predicted octanol–water partition coefficient (Wildman–Crippen LogP) is 1.57. The van der Waals surface area contributed by atoms with Gasteiger partial charge >= 0.3 is 0 Å². The highest BCUT2D eigenvalue weighted by atomic mass is 28.1. The molecule has 0 N–H and O–H groups in total. The number of benzene rings is 1. The molecule has 12 heavy (non-hydrogen) atoms. The topological polar surface area (TPSA) is 0 Å². The number of hydrogen-bond donors (Lipinski definition) is 0. The maximum atomic E-state index is 2.36. The molecule has 0 aromatic heterocycles. The quantitative estimate of drug-likeness (QED) is 0.524. The molecule has 1 aliphatic rings. The van der Waals surface area contributed by atoms with Crippen LogP contribution in [0.1, 0.15) is 22.3 Å². The summed E-state index contributed by atoms with van der Waals surface area (Å²) in [7, 11) is 1.21. The van der Waals surface area contributed by atoms with Crippen LogP contribution in [0.3, 0.4) is 0 Å². The maximum Gasteiger partial charge on any atom is 0.0337 e. The lowest BCUT2D eigenvalue weighted by atomic mass is 10.0. The molecule has 1 aromatic carbocycles. The fraction of sp³-hybridized carbons (Fsp3) is 0.273. The van der Waals surface area contributed by atoms with E-state index in [0.29, 0.717) is 0 Å². The van der Waals surface area contributed by atoms with E-state index >= 15 is 0 Å². The lowest BCUT2D eigenvalue weighted by Gasteiger charge is -2.04. The minimum atomic E-state index is 1.21. The second kappa shape index (κ2) is 2.59. The van der Waals surface area contributed by atoms with Crippen molar-refractivity contribution in [3.05, 3.63) is 39.6 Å². The van der Waals surface area contributed by atoms with E-state index in [4.69, 9.17) is 0 Å². The van der Waals surface area contributed by atoms with Crippen LogP contribution in [0.5, 0.6) is 0 Å². The smallest absolute Gasteiger partial charge is 0.0337 e. The molecule has 1 aliphatic carbocycles. The van der Waals surface area contributed by atoms with Gasteiger partial charge in [-0.2, -0.15) is 0 Å². The fourth-order valence-corrected chi connectivity index (χ4v) is 2.49. The van der Waals surface area contributed by atoms with Crippen molar-refractivity contribution in [2.24, 2.45) is 0 Å². The SMILES string of the molecule is Cc1cc2c(cc1C)CC([SiH3])=C2. The van der Waals surface area contributed by atoms with Gasteiger partial charge in [-0.25, -0.2) is 0 Å². The van der Waals surface area contributed by atoms with Crippen LogP contribution in [0, 0.1) is 13.8 Å². The molecular formula is C11H14Si. The summed E-state index contributed by atoms with van der Waals surface area (Å²) in [6, 6.07) is 4.65. The highest BCUT2D eigenvalue weighted by molar-refractivity contribution is 6.25. The van der Waals surface area contributed by atoms with Crippen molar-refractivity contribution in [2.75, 3.05) is 0 Å². The van der Waals surface area contributed by atoms with E-state index in [2.05, 4.69) is 32.1 Å². The summed E-state index contributed by atoms with van der Waals surface area (Å²) in [4.78, 5) is 0. The Balaban J connectivity index is 2.57.